The maximum absolute atomic E-state index is 12.8. The van der Waals surface area contributed by atoms with Crippen molar-refractivity contribution in [2.24, 2.45) is 0 Å². The Morgan fingerprint density at radius 1 is 1.04 bits per heavy atom. The van der Waals surface area contributed by atoms with Crippen molar-refractivity contribution in [3.8, 4) is 0 Å². The summed E-state index contributed by atoms with van der Waals surface area (Å²) in [5.74, 6) is -1.71. The molecule has 0 fully saturated rings. The molecule has 1 heterocycles. The number of hydrogen-bond donors (Lipinski definition) is 2. The molecule has 1 aromatic heterocycles. The number of carboxylic acids is 1. The Morgan fingerprint density at radius 2 is 1.70 bits per heavy atom. The fourth-order valence-corrected chi connectivity index (χ4v) is 3.21. The lowest BCUT2D eigenvalue weighted by Crippen LogP contribution is -2.17. The van der Waals surface area contributed by atoms with E-state index in [1.807, 2.05) is 19.1 Å². The van der Waals surface area contributed by atoms with Crippen LogP contribution in [0, 0.1) is 6.92 Å². The van der Waals surface area contributed by atoms with Crippen molar-refractivity contribution in [3.05, 3.63) is 81.9 Å². The summed E-state index contributed by atoms with van der Waals surface area (Å²) >= 11 is 1.14. The smallest absolute Gasteiger partial charge is 0.309 e. The monoisotopic (exact) mass is 380 g/mol. The van der Waals surface area contributed by atoms with E-state index in [2.05, 4.69) is 10.3 Å². The predicted octanol–water partition coefficient (Wildman–Crippen LogP) is 3.56. The van der Waals surface area contributed by atoms with E-state index >= 15 is 0 Å². The predicted molar refractivity (Wildman–Crippen MR) is 102 cm³/mol. The van der Waals surface area contributed by atoms with Crippen LogP contribution >= 0.6 is 11.3 Å². The molecule has 2 N–H and O–H groups in total. The van der Waals surface area contributed by atoms with E-state index in [0.29, 0.717) is 16.8 Å². The number of carboxylic acid groups (broad SMARTS) is 1. The number of hydrogen-bond acceptors (Lipinski definition) is 5. The van der Waals surface area contributed by atoms with Crippen LogP contribution in [0.15, 0.2) is 53.9 Å². The number of carbonyl (C=O) groups excluding carboxylic acids is 2. The number of amides is 1. The van der Waals surface area contributed by atoms with Crippen LogP contribution < -0.4 is 5.32 Å². The van der Waals surface area contributed by atoms with Crippen molar-refractivity contribution < 1.29 is 19.5 Å². The molecule has 0 aliphatic heterocycles. The fourth-order valence-electron chi connectivity index (χ4n) is 2.50. The largest absolute Gasteiger partial charge is 0.481 e. The SMILES string of the molecule is Cc1ccc(C(=O)c2ccccc2C(=O)Nc2nc(CC(=O)O)cs2)cc1. The third-order valence-corrected chi connectivity index (χ3v) is 4.64. The third-order valence-electron chi connectivity index (χ3n) is 3.83. The van der Waals surface area contributed by atoms with Crippen molar-refractivity contribution in [1.29, 1.82) is 0 Å². The number of nitrogens with one attached hydrogen (secondary N) is 1. The number of thiazole rings is 1. The molecule has 7 heteroatoms. The zero-order chi connectivity index (χ0) is 19.4. The molecular formula is C20H16N2O4S. The second-order valence-corrected chi connectivity index (χ2v) is 6.77. The molecule has 0 saturated heterocycles. The summed E-state index contributed by atoms with van der Waals surface area (Å²) in [7, 11) is 0. The molecular weight excluding hydrogens is 364 g/mol. The van der Waals surface area contributed by atoms with E-state index in [1.54, 1.807) is 41.8 Å². The van der Waals surface area contributed by atoms with Crippen LogP contribution in [-0.2, 0) is 11.2 Å². The van der Waals surface area contributed by atoms with Crippen LogP contribution in [0.25, 0.3) is 0 Å². The van der Waals surface area contributed by atoms with Gasteiger partial charge >= 0.3 is 5.97 Å². The zero-order valence-electron chi connectivity index (χ0n) is 14.4. The van der Waals surface area contributed by atoms with Gasteiger partial charge in [-0.3, -0.25) is 19.7 Å². The van der Waals surface area contributed by atoms with Crippen LogP contribution in [-0.4, -0.2) is 27.8 Å². The van der Waals surface area contributed by atoms with Crippen LogP contribution in [0.3, 0.4) is 0 Å². The maximum Gasteiger partial charge on any atom is 0.309 e. The van der Waals surface area contributed by atoms with E-state index in [4.69, 9.17) is 5.11 Å². The molecule has 0 saturated carbocycles. The molecule has 2 aromatic carbocycles. The van der Waals surface area contributed by atoms with Crippen molar-refractivity contribution >= 4 is 34.1 Å². The quantitative estimate of drug-likeness (QED) is 0.638. The minimum atomic E-state index is -0.993. The summed E-state index contributed by atoms with van der Waals surface area (Å²) in [5, 5.41) is 13.3. The number of ketones is 1. The molecule has 27 heavy (non-hydrogen) atoms. The van der Waals surface area contributed by atoms with Crippen LogP contribution in [0.2, 0.25) is 0 Å². The van der Waals surface area contributed by atoms with Gasteiger partial charge in [-0.15, -0.1) is 11.3 Å². The van der Waals surface area contributed by atoms with E-state index in [0.717, 1.165) is 16.9 Å². The summed E-state index contributed by atoms with van der Waals surface area (Å²) in [6.07, 6.45) is -0.213. The van der Waals surface area contributed by atoms with Gasteiger partial charge in [0.1, 0.15) is 0 Å². The minimum Gasteiger partial charge on any atom is -0.481 e. The van der Waals surface area contributed by atoms with Crippen LogP contribution in [0.4, 0.5) is 5.13 Å². The molecule has 3 aromatic rings. The molecule has 0 aliphatic carbocycles. The van der Waals surface area contributed by atoms with E-state index in [1.165, 1.54) is 0 Å². The van der Waals surface area contributed by atoms with Gasteiger partial charge in [-0.2, -0.15) is 0 Å². The number of rotatable bonds is 6. The number of anilines is 1. The van der Waals surface area contributed by atoms with Crippen LogP contribution in [0.1, 0.15) is 37.5 Å². The molecule has 0 aliphatic rings. The third kappa shape index (κ3) is 4.45. The van der Waals surface area contributed by atoms with Gasteiger partial charge in [0.05, 0.1) is 17.7 Å². The van der Waals surface area contributed by atoms with Gasteiger partial charge < -0.3 is 5.11 Å². The lowest BCUT2D eigenvalue weighted by Gasteiger charge is -2.08. The number of aryl methyl sites for hydroxylation is 1. The number of aliphatic carboxylic acids is 1. The average molecular weight is 380 g/mol. The average Bonchev–Trinajstić information content (AvgIpc) is 3.07. The lowest BCUT2D eigenvalue weighted by atomic mass is 9.97. The van der Waals surface area contributed by atoms with E-state index < -0.39 is 11.9 Å². The van der Waals surface area contributed by atoms with Gasteiger partial charge in [0.15, 0.2) is 10.9 Å². The van der Waals surface area contributed by atoms with Gasteiger partial charge in [0.25, 0.3) is 5.91 Å². The molecule has 3 rings (SSSR count). The second kappa shape index (κ2) is 7.92. The van der Waals surface area contributed by atoms with Crippen molar-refractivity contribution in [2.45, 2.75) is 13.3 Å². The van der Waals surface area contributed by atoms with Gasteiger partial charge in [-0.25, -0.2) is 4.98 Å². The Labute approximate surface area is 159 Å². The Kier molecular flexibility index (Phi) is 5.42. The van der Waals surface area contributed by atoms with Crippen LogP contribution in [0.5, 0.6) is 0 Å². The fraction of sp³-hybridized carbons (Fsp3) is 0.100. The topological polar surface area (TPSA) is 96.4 Å². The Balaban J connectivity index is 1.83. The number of nitrogens with zero attached hydrogens (tertiary/aromatic N) is 1. The summed E-state index contributed by atoms with van der Waals surface area (Å²) in [6, 6.07) is 13.7. The molecule has 0 radical (unpaired) electrons. The first-order valence-electron chi connectivity index (χ1n) is 8.12. The number of aromatic nitrogens is 1. The minimum absolute atomic E-state index is 0.213. The standard InChI is InChI=1S/C20H16N2O4S/c1-12-6-8-13(9-7-12)18(25)15-4-2-3-5-16(15)19(26)22-20-21-14(11-27-20)10-17(23)24/h2-9,11H,10H2,1H3,(H,23,24)(H,21,22,26). The summed E-state index contributed by atoms with van der Waals surface area (Å²) in [4.78, 5) is 40.3. The van der Waals surface area contributed by atoms with E-state index in [-0.39, 0.29) is 22.9 Å². The van der Waals surface area contributed by atoms with Gasteiger partial charge in [-0.05, 0) is 13.0 Å². The number of benzene rings is 2. The van der Waals surface area contributed by atoms with Gasteiger partial charge in [0.2, 0.25) is 0 Å². The zero-order valence-corrected chi connectivity index (χ0v) is 15.2. The highest BCUT2D eigenvalue weighted by Crippen LogP contribution is 2.20. The highest BCUT2D eigenvalue weighted by molar-refractivity contribution is 7.14. The van der Waals surface area contributed by atoms with Crippen molar-refractivity contribution in [1.82, 2.24) is 4.98 Å². The first-order valence-corrected chi connectivity index (χ1v) is 9.00. The second-order valence-electron chi connectivity index (χ2n) is 5.91. The first-order chi connectivity index (χ1) is 12.9. The Hall–Kier alpha value is -3.32. The molecule has 0 bridgehead atoms. The molecule has 0 atom stereocenters. The summed E-state index contributed by atoms with van der Waals surface area (Å²) in [5.41, 5.74) is 2.43. The Bertz CT molecular complexity index is 1010. The molecule has 6 nitrogen and oxygen atoms in total. The summed E-state index contributed by atoms with van der Waals surface area (Å²) < 4.78 is 0. The maximum atomic E-state index is 12.8. The van der Waals surface area contributed by atoms with Gasteiger partial charge in [0, 0.05) is 16.5 Å². The van der Waals surface area contributed by atoms with Crippen molar-refractivity contribution in [2.75, 3.05) is 5.32 Å². The molecule has 0 spiro atoms. The first kappa shape index (κ1) is 18.5. The molecule has 0 unspecified atom stereocenters. The highest BCUT2D eigenvalue weighted by Gasteiger charge is 2.19. The molecule has 1 amide bonds. The number of carbonyl (C=O) groups is 3. The Morgan fingerprint density at radius 3 is 2.37 bits per heavy atom. The highest BCUT2D eigenvalue weighted by atomic mass is 32.1. The van der Waals surface area contributed by atoms with E-state index in [9.17, 15) is 14.4 Å². The van der Waals surface area contributed by atoms with Gasteiger partial charge in [-0.1, -0.05) is 48.0 Å². The van der Waals surface area contributed by atoms with Crippen molar-refractivity contribution in [3.63, 3.8) is 0 Å². The molecule has 136 valence electrons. The summed E-state index contributed by atoms with van der Waals surface area (Å²) in [6.45, 7) is 1.93. The lowest BCUT2D eigenvalue weighted by molar-refractivity contribution is -0.136. The normalized spacial score (nSPS) is 10.4.